The van der Waals surface area contributed by atoms with Crippen molar-refractivity contribution in [2.24, 2.45) is 23.5 Å². The van der Waals surface area contributed by atoms with E-state index in [2.05, 4.69) is 12.2 Å². The molecule has 3 saturated carbocycles. The van der Waals surface area contributed by atoms with E-state index in [1.165, 1.54) is 32.1 Å². The molecule has 2 unspecified atom stereocenters. The number of amides is 1. The van der Waals surface area contributed by atoms with Crippen LogP contribution in [-0.4, -0.2) is 17.5 Å². The molecule has 0 bridgehead atoms. The first-order valence-corrected chi connectivity index (χ1v) is 7.68. The highest BCUT2D eigenvalue weighted by atomic mass is 16.2. The number of carbonyl (C=O) groups excluding carboxylic acids is 1. The maximum atomic E-state index is 12.5. The molecule has 3 nitrogen and oxygen atoms in total. The van der Waals surface area contributed by atoms with E-state index in [4.69, 9.17) is 5.73 Å². The van der Waals surface area contributed by atoms with Crippen LogP contribution in [0.5, 0.6) is 0 Å². The Morgan fingerprint density at radius 3 is 2.33 bits per heavy atom. The van der Waals surface area contributed by atoms with Crippen molar-refractivity contribution in [3.05, 3.63) is 0 Å². The predicted octanol–water partition coefficient (Wildman–Crippen LogP) is 2.20. The summed E-state index contributed by atoms with van der Waals surface area (Å²) in [5.41, 5.74) is 5.79. The summed E-state index contributed by atoms with van der Waals surface area (Å²) in [6.07, 6.45) is 9.26. The maximum Gasteiger partial charge on any atom is 0.240 e. The summed E-state index contributed by atoms with van der Waals surface area (Å²) in [5.74, 6) is 2.24. The van der Waals surface area contributed by atoms with E-state index in [-0.39, 0.29) is 5.91 Å². The lowest BCUT2D eigenvalue weighted by molar-refractivity contribution is -0.129. The Morgan fingerprint density at radius 2 is 1.83 bits per heavy atom. The van der Waals surface area contributed by atoms with Crippen LogP contribution in [0.15, 0.2) is 0 Å². The van der Waals surface area contributed by atoms with Gasteiger partial charge in [0.2, 0.25) is 5.91 Å². The lowest BCUT2D eigenvalue weighted by Crippen LogP contribution is -2.58. The van der Waals surface area contributed by atoms with Gasteiger partial charge in [-0.05, 0) is 56.3 Å². The molecular formula is C15H26N2O. The molecule has 3 aliphatic carbocycles. The minimum absolute atomic E-state index is 0.137. The molecule has 0 aromatic rings. The Morgan fingerprint density at radius 1 is 1.22 bits per heavy atom. The van der Waals surface area contributed by atoms with Gasteiger partial charge in [0.25, 0.3) is 0 Å². The first-order valence-electron chi connectivity index (χ1n) is 7.68. The van der Waals surface area contributed by atoms with Crippen molar-refractivity contribution in [1.29, 1.82) is 0 Å². The summed E-state index contributed by atoms with van der Waals surface area (Å²) in [7, 11) is 0. The summed E-state index contributed by atoms with van der Waals surface area (Å²) in [5, 5.41) is 3.31. The molecule has 0 aromatic carbocycles. The predicted molar refractivity (Wildman–Crippen MR) is 71.9 cm³/mol. The van der Waals surface area contributed by atoms with Gasteiger partial charge >= 0.3 is 0 Å². The molecule has 102 valence electrons. The quantitative estimate of drug-likeness (QED) is 0.803. The van der Waals surface area contributed by atoms with Gasteiger partial charge < -0.3 is 11.1 Å². The largest absolute Gasteiger partial charge is 0.351 e. The second-order valence-corrected chi connectivity index (χ2v) is 7.03. The number of nitrogens with two attached hydrogens (primary N) is 1. The number of hydrogen-bond acceptors (Lipinski definition) is 2. The summed E-state index contributed by atoms with van der Waals surface area (Å²) in [6, 6.07) is 0.440. The zero-order valence-electron chi connectivity index (χ0n) is 11.5. The van der Waals surface area contributed by atoms with E-state index in [0.717, 1.165) is 31.1 Å². The zero-order valence-corrected chi connectivity index (χ0v) is 11.5. The van der Waals surface area contributed by atoms with Crippen LogP contribution in [0.25, 0.3) is 0 Å². The molecule has 2 atom stereocenters. The second-order valence-electron chi connectivity index (χ2n) is 7.03. The number of carbonyl (C=O) groups is 1. The van der Waals surface area contributed by atoms with E-state index in [1.807, 2.05) is 0 Å². The van der Waals surface area contributed by atoms with E-state index < -0.39 is 5.54 Å². The van der Waals surface area contributed by atoms with Crippen molar-refractivity contribution in [3.63, 3.8) is 0 Å². The van der Waals surface area contributed by atoms with Crippen LogP contribution < -0.4 is 11.1 Å². The first kappa shape index (κ1) is 12.5. The highest BCUT2D eigenvalue weighted by Gasteiger charge is 2.45. The molecule has 3 rings (SSSR count). The molecule has 0 saturated heterocycles. The van der Waals surface area contributed by atoms with Crippen molar-refractivity contribution in [3.8, 4) is 0 Å². The molecular weight excluding hydrogens is 224 g/mol. The number of nitrogens with one attached hydrogen (secondary N) is 1. The van der Waals surface area contributed by atoms with E-state index >= 15 is 0 Å². The van der Waals surface area contributed by atoms with Gasteiger partial charge in [-0.15, -0.1) is 0 Å². The van der Waals surface area contributed by atoms with E-state index in [0.29, 0.717) is 12.0 Å². The average Bonchev–Trinajstić information content (AvgIpc) is 3.16. The monoisotopic (exact) mass is 250 g/mol. The summed E-state index contributed by atoms with van der Waals surface area (Å²) >= 11 is 0. The average molecular weight is 250 g/mol. The van der Waals surface area contributed by atoms with Gasteiger partial charge in [0.15, 0.2) is 0 Å². The highest BCUT2D eigenvalue weighted by molar-refractivity contribution is 5.86. The van der Waals surface area contributed by atoms with Crippen LogP contribution in [0.3, 0.4) is 0 Å². The van der Waals surface area contributed by atoms with Gasteiger partial charge in [0.05, 0.1) is 5.54 Å². The smallest absolute Gasteiger partial charge is 0.240 e. The third kappa shape index (κ3) is 2.56. The third-order valence-electron chi connectivity index (χ3n) is 5.04. The Hall–Kier alpha value is -0.570. The van der Waals surface area contributed by atoms with Gasteiger partial charge in [0.1, 0.15) is 0 Å². The Balaban J connectivity index is 1.62. The van der Waals surface area contributed by atoms with Crippen LogP contribution in [0.4, 0.5) is 0 Å². The summed E-state index contributed by atoms with van der Waals surface area (Å²) < 4.78 is 0. The molecule has 3 heteroatoms. The number of rotatable bonds is 4. The number of hydrogen-bond donors (Lipinski definition) is 2. The molecule has 18 heavy (non-hydrogen) atoms. The van der Waals surface area contributed by atoms with Gasteiger partial charge in [0, 0.05) is 6.04 Å². The standard InChI is InChI=1S/C15H26N2O/c1-10-3-2-8-15(16,9-10)14(18)17-13(11-4-5-11)12-6-7-12/h10-13H,2-9,16H2,1H3,(H,17,18). The van der Waals surface area contributed by atoms with Crippen LogP contribution >= 0.6 is 0 Å². The Kier molecular flexibility index (Phi) is 3.13. The maximum absolute atomic E-state index is 12.5. The van der Waals surface area contributed by atoms with Crippen molar-refractivity contribution in [1.82, 2.24) is 5.32 Å². The zero-order chi connectivity index (χ0) is 12.8. The molecule has 0 aliphatic heterocycles. The topological polar surface area (TPSA) is 55.1 Å². The molecule has 3 fully saturated rings. The lowest BCUT2D eigenvalue weighted by atomic mass is 9.76. The van der Waals surface area contributed by atoms with Crippen LogP contribution in [-0.2, 0) is 4.79 Å². The Labute approximate surface area is 110 Å². The van der Waals surface area contributed by atoms with Crippen molar-refractivity contribution < 1.29 is 4.79 Å². The molecule has 1 amide bonds. The molecule has 0 heterocycles. The first-order chi connectivity index (χ1) is 8.58. The van der Waals surface area contributed by atoms with Gasteiger partial charge in [-0.25, -0.2) is 0 Å². The fraction of sp³-hybridized carbons (Fsp3) is 0.933. The second kappa shape index (κ2) is 4.52. The molecule has 0 aromatic heterocycles. The van der Waals surface area contributed by atoms with Crippen molar-refractivity contribution in [2.75, 3.05) is 0 Å². The summed E-state index contributed by atoms with van der Waals surface area (Å²) in [4.78, 5) is 12.5. The fourth-order valence-electron chi connectivity index (χ4n) is 3.62. The van der Waals surface area contributed by atoms with Gasteiger partial charge in [-0.3, -0.25) is 4.79 Å². The minimum Gasteiger partial charge on any atom is -0.351 e. The highest BCUT2D eigenvalue weighted by Crippen LogP contribution is 2.45. The van der Waals surface area contributed by atoms with Crippen molar-refractivity contribution >= 4 is 5.91 Å². The molecule has 0 radical (unpaired) electrons. The summed E-state index contributed by atoms with van der Waals surface area (Å²) in [6.45, 7) is 2.22. The van der Waals surface area contributed by atoms with Crippen molar-refractivity contribution in [2.45, 2.75) is 69.9 Å². The molecule has 0 spiro atoms. The van der Waals surface area contributed by atoms with E-state index in [1.54, 1.807) is 0 Å². The third-order valence-corrected chi connectivity index (χ3v) is 5.04. The van der Waals surface area contributed by atoms with Gasteiger partial charge in [-0.2, -0.15) is 0 Å². The molecule has 3 aliphatic rings. The van der Waals surface area contributed by atoms with Crippen LogP contribution in [0, 0.1) is 17.8 Å². The van der Waals surface area contributed by atoms with Crippen LogP contribution in [0.2, 0.25) is 0 Å². The Bertz CT molecular complexity index is 323. The minimum atomic E-state index is -0.584. The van der Waals surface area contributed by atoms with Crippen LogP contribution in [0.1, 0.15) is 58.3 Å². The van der Waals surface area contributed by atoms with E-state index in [9.17, 15) is 4.79 Å². The SMILES string of the molecule is CC1CCCC(N)(C(=O)NC(C2CC2)C2CC2)C1. The lowest BCUT2D eigenvalue weighted by Gasteiger charge is -2.36. The normalized spacial score (nSPS) is 36.7. The van der Waals surface area contributed by atoms with Gasteiger partial charge in [-0.1, -0.05) is 19.8 Å². The fourth-order valence-corrected chi connectivity index (χ4v) is 3.62. The molecule has 3 N–H and O–H groups in total.